The summed E-state index contributed by atoms with van der Waals surface area (Å²) in [7, 11) is 0. The molecule has 5 nitrogen and oxygen atoms in total. The third kappa shape index (κ3) is 3.35. The van der Waals surface area contributed by atoms with E-state index in [0.717, 1.165) is 11.1 Å². The molecule has 1 aliphatic heterocycles. The van der Waals surface area contributed by atoms with Crippen molar-refractivity contribution < 1.29 is 19.1 Å². The van der Waals surface area contributed by atoms with Gasteiger partial charge in [-0.1, -0.05) is 23.7 Å². The van der Waals surface area contributed by atoms with E-state index >= 15 is 0 Å². The second kappa shape index (κ2) is 6.16. The average molecular weight is 326 g/mol. The van der Waals surface area contributed by atoms with Crippen LogP contribution in [-0.2, 0) is 20.7 Å². The molecule has 2 rings (SSSR count). The Morgan fingerprint density at radius 1 is 1.36 bits per heavy atom. The van der Waals surface area contributed by atoms with Crippen LogP contribution in [-0.4, -0.2) is 29.8 Å². The number of alkyl halides is 1. The van der Waals surface area contributed by atoms with E-state index in [0.29, 0.717) is 12.1 Å². The summed E-state index contributed by atoms with van der Waals surface area (Å²) in [6, 6.07) is 4.61. The highest BCUT2D eigenvalue weighted by molar-refractivity contribution is 6.17. The van der Waals surface area contributed by atoms with Gasteiger partial charge in [-0.2, -0.15) is 0 Å². The summed E-state index contributed by atoms with van der Waals surface area (Å²) >= 11 is 5.47. The van der Waals surface area contributed by atoms with E-state index in [1.54, 1.807) is 26.8 Å². The molecule has 0 aromatic heterocycles. The van der Waals surface area contributed by atoms with Gasteiger partial charge in [-0.15, -0.1) is 0 Å². The van der Waals surface area contributed by atoms with Gasteiger partial charge in [-0.3, -0.25) is 4.90 Å². The molecule has 0 spiro atoms. The molecule has 1 amide bonds. The lowest BCUT2D eigenvalue weighted by Gasteiger charge is -2.28. The molecule has 0 N–H and O–H groups in total. The number of nitrogens with zero attached hydrogens (tertiary/aromatic N) is 1. The van der Waals surface area contributed by atoms with Crippen molar-refractivity contribution >= 4 is 29.4 Å². The van der Waals surface area contributed by atoms with Gasteiger partial charge in [0.2, 0.25) is 0 Å². The molecule has 0 saturated carbocycles. The third-order valence-electron chi connectivity index (χ3n) is 3.41. The van der Waals surface area contributed by atoms with Crippen LogP contribution in [0, 0.1) is 6.92 Å². The minimum absolute atomic E-state index is 0.243. The number of ether oxygens (including phenoxy) is 2. The summed E-state index contributed by atoms with van der Waals surface area (Å²) in [6.45, 7) is 7.29. The van der Waals surface area contributed by atoms with Gasteiger partial charge in [-0.25, -0.2) is 9.59 Å². The summed E-state index contributed by atoms with van der Waals surface area (Å²) in [5, 5.41) is 0. The third-order valence-corrected chi connectivity index (χ3v) is 3.52. The van der Waals surface area contributed by atoms with Crippen molar-refractivity contribution in [2.24, 2.45) is 0 Å². The Morgan fingerprint density at radius 2 is 2.05 bits per heavy atom. The first-order valence-electron chi connectivity index (χ1n) is 7.08. The zero-order valence-electron chi connectivity index (χ0n) is 13.2. The van der Waals surface area contributed by atoms with Crippen molar-refractivity contribution in [3.8, 4) is 0 Å². The van der Waals surface area contributed by atoms with Crippen molar-refractivity contribution in [2.45, 2.75) is 45.8 Å². The Morgan fingerprint density at radius 3 is 2.64 bits per heavy atom. The predicted octanol–water partition coefficient (Wildman–Crippen LogP) is 3.40. The van der Waals surface area contributed by atoms with E-state index in [-0.39, 0.29) is 6.07 Å². The predicted molar refractivity (Wildman–Crippen MR) is 84.2 cm³/mol. The van der Waals surface area contributed by atoms with E-state index in [4.69, 9.17) is 21.1 Å². The number of aryl methyl sites for hydroxylation is 1. The second-order valence-electron chi connectivity index (χ2n) is 6.22. The van der Waals surface area contributed by atoms with E-state index in [2.05, 4.69) is 0 Å². The molecule has 1 aliphatic rings. The average Bonchev–Trinajstić information content (AvgIpc) is 2.78. The molecule has 0 fully saturated rings. The first-order valence-corrected chi connectivity index (χ1v) is 7.61. The molecular formula is C16H20ClNO4. The van der Waals surface area contributed by atoms with Gasteiger partial charge in [0.05, 0.1) is 5.69 Å². The van der Waals surface area contributed by atoms with Crippen LogP contribution in [0.1, 0.15) is 31.9 Å². The number of benzene rings is 1. The van der Waals surface area contributed by atoms with Gasteiger partial charge in [0.15, 0.2) is 6.07 Å². The maximum absolute atomic E-state index is 12.5. The molecule has 0 bridgehead atoms. The van der Waals surface area contributed by atoms with Crippen LogP contribution in [0.2, 0.25) is 0 Å². The number of rotatable bonds is 2. The molecule has 1 aromatic carbocycles. The normalized spacial score (nSPS) is 17.1. The molecule has 6 heteroatoms. The van der Waals surface area contributed by atoms with E-state index in [1.165, 1.54) is 4.90 Å². The van der Waals surface area contributed by atoms with Crippen LogP contribution in [0.15, 0.2) is 18.2 Å². The Balaban J connectivity index is 2.38. The highest BCUT2D eigenvalue weighted by Crippen LogP contribution is 2.36. The number of hydrogen-bond acceptors (Lipinski definition) is 4. The van der Waals surface area contributed by atoms with Gasteiger partial charge in [0, 0.05) is 6.42 Å². The lowest BCUT2D eigenvalue weighted by Crippen LogP contribution is -2.46. The highest BCUT2D eigenvalue weighted by atomic mass is 35.5. The number of amides is 1. The zero-order chi connectivity index (χ0) is 16.5. The molecule has 22 heavy (non-hydrogen) atoms. The van der Waals surface area contributed by atoms with Crippen molar-refractivity contribution in [2.75, 3.05) is 11.0 Å². The minimum atomic E-state index is -0.746. The SMILES string of the molecule is Cc1cccc2c1CC(C(=O)OCCl)N2C(=O)OC(C)(C)C. The Hall–Kier alpha value is -1.75. The lowest BCUT2D eigenvalue weighted by molar-refractivity contribution is -0.143. The first kappa shape index (κ1) is 16.6. The lowest BCUT2D eigenvalue weighted by atomic mass is 10.0. The Kier molecular flexibility index (Phi) is 4.66. The number of anilines is 1. The fraction of sp³-hybridized carbons (Fsp3) is 0.500. The monoisotopic (exact) mass is 325 g/mol. The number of fused-ring (bicyclic) bond motifs is 1. The maximum atomic E-state index is 12.5. The zero-order valence-corrected chi connectivity index (χ0v) is 13.9. The number of hydrogen-bond donors (Lipinski definition) is 0. The van der Waals surface area contributed by atoms with E-state index in [9.17, 15) is 9.59 Å². The minimum Gasteiger partial charge on any atom is -0.448 e. The smallest absolute Gasteiger partial charge is 0.415 e. The number of carbonyl (C=O) groups excluding carboxylic acids is 2. The molecule has 1 unspecified atom stereocenters. The molecule has 1 heterocycles. The molecule has 0 aliphatic carbocycles. The van der Waals surface area contributed by atoms with Crippen LogP contribution in [0.5, 0.6) is 0 Å². The van der Waals surface area contributed by atoms with Gasteiger partial charge in [0.25, 0.3) is 0 Å². The summed E-state index contributed by atoms with van der Waals surface area (Å²) < 4.78 is 10.3. The fourth-order valence-electron chi connectivity index (χ4n) is 2.51. The van der Waals surface area contributed by atoms with Crippen molar-refractivity contribution in [1.82, 2.24) is 0 Å². The quantitative estimate of drug-likeness (QED) is 0.617. The van der Waals surface area contributed by atoms with Crippen LogP contribution in [0.4, 0.5) is 10.5 Å². The van der Waals surface area contributed by atoms with E-state index in [1.807, 2.05) is 19.1 Å². The highest BCUT2D eigenvalue weighted by Gasteiger charge is 2.41. The summed E-state index contributed by atoms with van der Waals surface area (Å²) in [4.78, 5) is 26.0. The molecule has 0 radical (unpaired) electrons. The van der Waals surface area contributed by atoms with Gasteiger partial charge in [0.1, 0.15) is 11.6 Å². The molecule has 120 valence electrons. The van der Waals surface area contributed by atoms with Crippen LogP contribution < -0.4 is 4.90 Å². The summed E-state index contributed by atoms with van der Waals surface area (Å²) in [6.07, 6.45) is -0.162. The second-order valence-corrected chi connectivity index (χ2v) is 6.43. The van der Waals surface area contributed by atoms with Gasteiger partial charge < -0.3 is 9.47 Å². The van der Waals surface area contributed by atoms with Gasteiger partial charge >= 0.3 is 12.1 Å². The number of esters is 1. The number of carbonyl (C=O) groups is 2. The van der Waals surface area contributed by atoms with Crippen molar-refractivity contribution in [1.29, 1.82) is 0 Å². The summed E-state index contributed by atoms with van der Waals surface area (Å²) in [5.41, 5.74) is 2.01. The largest absolute Gasteiger partial charge is 0.448 e. The van der Waals surface area contributed by atoms with Gasteiger partial charge in [-0.05, 0) is 44.9 Å². The van der Waals surface area contributed by atoms with Crippen molar-refractivity contribution in [3.05, 3.63) is 29.3 Å². The van der Waals surface area contributed by atoms with E-state index < -0.39 is 23.7 Å². The van der Waals surface area contributed by atoms with Crippen LogP contribution in [0.25, 0.3) is 0 Å². The maximum Gasteiger partial charge on any atom is 0.415 e. The number of halogens is 1. The van der Waals surface area contributed by atoms with Crippen LogP contribution >= 0.6 is 11.6 Å². The van der Waals surface area contributed by atoms with Crippen LogP contribution in [0.3, 0.4) is 0 Å². The Bertz CT molecular complexity index is 594. The van der Waals surface area contributed by atoms with Crippen molar-refractivity contribution in [3.63, 3.8) is 0 Å². The molecular weight excluding hydrogens is 306 g/mol. The Labute approximate surface area is 135 Å². The topological polar surface area (TPSA) is 55.8 Å². The standard InChI is InChI=1S/C16H20ClNO4/c1-10-6-5-7-12-11(10)8-13(14(19)21-9-17)18(12)15(20)22-16(2,3)4/h5-7,13H,8-9H2,1-4H3. The first-order chi connectivity index (χ1) is 10.2. The molecule has 1 aromatic rings. The molecule has 1 atom stereocenters. The molecule has 0 saturated heterocycles. The summed E-state index contributed by atoms with van der Waals surface area (Å²) in [5.74, 6) is -0.531. The fourth-order valence-corrected chi connectivity index (χ4v) is 2.61.